The Morgan fingerprint density at radius 2 is 0.753 bits per heavy atom. The van der Waals surface area contributed by atoms with Crippen LogP contribution in [0.4, 0.5) is 0 Å². The lowest BCUT2D eigenvalue weighted by Gasteiger charge is -2.48. The Kier molecular flexibility index (Phi) is 49.0. The smallest absolute Gasteiger partial charge is 0.220 e. The van der Waals surface area contributed by atoms with E-state index in [1.54, 1.807) is 6.08 Å². The first-order valence-electron chi connectivity index (χ1n) is 35.6. The number of nitrogens with one attached hydrogen (secondary N) is 1. The molecule has 534 valence electrons. The van der Waals surface area contributed by atoms with Gasteiger partial charge in [-0.25, -0.2) is 0 Å². The molecule has 17 atom stereocenters. The number of rotatable bonds is 53. The van der Waals surface area contributed by atoms with Crippen LogP contribution in [0.2, 0.25) is 0 Å². The van der Waals surface area contributed by atoms with E-state index in [-0.39, 0.29) is 18.9 Å². The number of carbonyl (C=O) groups is 1. The van der Waals surface area contributed by atoms with Crippen LogP contribution >= 0.6 is 0 Å². The molecule has 17 unspecified atom stereocenters. The number of aliphatic hydroxyl groups excluding tert-OH is 11. The molecule has 19 heteroatoms. The van der Waals surface area contributed by atoms with Crippen molar-refractivity contribution in [1.29, 1.82) is 0 Å². The van der Waals surface area contributed by atoms with Gasteiger partial charge >= 0.3 is 0 Å². The summed E-state index contributed by atoms with van der Waals surface area (Å²) in [6.45, 7) is 1.57. The van der Waals surface area contributed by atoms with Crippen LogP contribution in [0.1, 0.15) is 219 Å². The summed E-state index contributed by atoms with van der Waals surface area (Å²) in [6.07, 6.45) is 46.5. The largest absolute Gasteiger partial charge is 0.394 e. The molecule has 3 fully saturated rings. The monoisotopic (exact) mass is 1320 g/mol. The Bertz CT molecular complexity index is 2110. The van der Waals surface area contributed by atoms with Gasteiger partial charge in [0.1, 0.15) is 73.2 Å². The van der Waals surface area contributed by atoms with E-state index in [9.17, 15) is 61.0 Å². The lowest BCUT2D eigenvalue weighted by Crippen LogP contribution is -2.66. The van der Waals surface area contributed by atoms with E-state index in [2.05, 4.69) is 116 Å². The van der Waals surface area contributed by atoms with Gasteiger partial charge in [0.25, 0.3) is 0 Å². The van der Waals surface area contributed by atoms with Gasteiger partial charge in [0.2, 0.25) is 5.91 Å². The first-order chi connectivity index (χ1) is 45.3. The molecule has 0 saturated carbocycles. The van der Waals surface area contributed by atoms with Crippen molar-refractivity contribution < 1.29 is 89.4 Å². The highest BCUT2D eigenvalue weighted by Crippen LogP contribution is 2.33. The van der Waals surface area contributed by atoms with E-state index in [1.165, 1.54) is 89.9 Å². The van der Waals surface area contributed by atoms with Gasteiger partial charge in [-0.3, -0.25) is 4.79 Å². The normalized spacial score (nSPS) is 28.2. The molecule has 19 nitrogen and oxygen atoms in total. The van der Waals surface area contributed by atoms with Crippen molar-refractivity contribution in [3.8, 4) is 0 Å². The van der Waals surface area contributed by atoms with Crippen LogP contribution in [0.25, 0.3) is 0 Å². The number of unbranched alkanes of at least 4 members (excludes halogenated alkanes) is 21. The van der Waals surface area contributed by atoms with E-state index < -0.39 is 124 Å². The summed E-state index contributed by atoms with van der Waals surface area (Å²) in [5, 5.41) is 120. The molecule has 0 bridgehead atoms. The van der Waals surface area contributed by atoms with E-state index >= 15 is 0 Å². The first-order valence-corrected chi connectivity index (χ1v) is 35.6. The molecule has 0 aromatic rings. The molecule has 1 amide bonds. The van der Waals surface area contributed by atoms with E-state index in [4.69, 9.17) is 28.4 Å². The fourth-order valence-electron chi connectivity index (χ4n) is 11.3. The van der Waals surface area contributed by atoms with Crippen LogP contribution in [0, 0.1) is 0 Å². The lowest BCUT2D eigenvalue weighted by molar-refractivity contribution is -0.379. The summed E-state index contributed by atoms with van der Waals surface area (Å²) in [7, 11) is 0. The second-order valence-electron chi connectivity index (χ2n) is 25.0. The number of aliphatic hydroxyl groups is 11. The van der Waals surface area contributed by atoms with Gasteiger partial charge in [-0.15, -0.1) is 0 Å². The molecule has 12 N–H and O–H groups in total. The highest BCUT2D eigenvalue weighted by Gasteiger charge is 2.53. The third-order valence-electron chi connectivity index (χ3n) is 17.1. The van der Waals surface area contributed by atoms with Gasteiger partial charge in [-0.05, 0) is 89.9 Å². The fraction of sp³-hybridized carbons (Fsp3) is 0.743. The Balaban J connectivity index is 1.36. The minimum absolute atomic E-state index is 0.228. The SMILES string of the molecule is CC/C=C\C/C=C\C/C=C\C/C=C\C/C=C\C/C=C\C/C=C\CCCCCCCCCCCCCCCC(=O)NC(COC1OC(CO)C(OC2OC(CO)C(OC3OC(CO)C(O)C(O)C3O)C(O)C2O)C(O)C1O)C(O)/C=C/CC/C=C/CCCCCCCCC. The summed E-state index contributed by atoms with van der Waals surface area (Å²) in [5.74, 6) is -0.292. The quantitative estimate of drug-likeness (QED) is 0.0199. The van der Waals surface area contributed by atoms with Gasteiger partial charge in [-0.2, -0.15) is 0 Å². The summed E-state index contributed by atoms with van der Waals surface area (Å²) >= 11 is 0. The summed E-state index contributed by atoms with van der Waals surface area (Å²) < 4.78 is 34.3. The van der Waals surface area contributed by atoms with E-state index in [1.807, 2.05) is 6.08 Å². The average molecular weight is 1320 g/mol. The lowest BCUT2D eigenvalue weighted by atomic mass is 9.96. The van der Waals surface area contributed by atoms with Crippen LogP contribution in [0.3, 0.4) is 0 Å². The van der Waals surface area contributed by atoms with E-state index in [0.717, 1.165) is 96.3 Å². The molecular weight excluding hydrogens is 1190 g/mol. The van der Waals surface area contributed by atoms with Crippen LogP contribution in [-0.2, 0) is 33.2 Å². The summed E-state index contributed by atoms with van der Waals surface area (Å²) in [4.78, 5) is 13.4. The second-order valence-corrected chi connectivity index (χ2v) is 25.0. The van der Waals surface area contributed by atoms with Crippen LogP contribution in [-0.4, -0.2) is 193 Å². The second kappa shape index (κ2) is 54.5. The van der Waals surface area contributed by atoms with Crippen molar-refractivity contribution in [1.82, 2.24) is 5.32 Å². The maximum Gasteiger partial charge on any atom is 0.220 e. The zero-order chi connectivity index (χ0) is 67.5. The topological polar surface area (TPSA) is 307 Å². The molecule has 0 aromatic carbocycles. The van der Waals surface area contributed by atoms with Gasteiger partial charge in [0.15, 0.2) is 18.9 Å². The maximum atomic E-state index is 13.4. The Labute approximate surface area is 557 Å². The van der Waals surface area contributed by atoms with E-state index in [0.29, 0.717) is 12.8 Å². The van der Waals surface area contributed by atoms with Crippen molar-refractivity contribution in [2.24, 2.45) is 0 Å². The van der Waals surface area contributed by atoms with Gasteiger partial charge < -0.3 is 89.9 Å². The number of allylic oxidation sites excluding steroid dienone is 17. The molecule has 3 aliphatic rings. The molecular formula is C74H125NO18. The molecule has 3 saturated heterocycles. The third kappa shape index (κ3) is 36.0. The molecule has 3 heterocycles. The molecule has 0 aromatic heterocycles. The molecule has 0 spiro atoms. The number of hydrogen-bond donors (Lipinski definition) is 12. The van der Waals surface area contributed by atoms with Crippen molar-refractivity contribution in [2.45, 2.75) is 324 Å². The van der Waals surface area contributed by atoms with Crippen molar-refractivity contribution in [3.05, 3.63) is 109 Å². The number of carbonyl (C=O) groups excluding carboxylic acids is 1. The van der Waals surface area contributed by atoms with Crippen LogP contribution in [0.5, 0.6) is 0 Å². The maximum absolute atomic E-state index is 13.4. The summed E-state index contributed by atoms with van der Waals surface area (Å²) in [5.41, 5.74) is 0. The fourth-order valence-corrected chi connectivity index (χ4v) is 11.3. The summed E-state index contributed by atoms with van der Waals surface area (Å²) in [6, 6.07) is -0.996. The zero-order valence-electron chi connectivity index (χ0n) is 56.4. The molecule has 93 heavy (non-hydrogen) atoms. The molecule has 3 rings (SSSR count). The highest BCUT2D eigenvalue weighted by molar-refractivity contribution is 5.76. The minimum Gasteiger partial charge on any atom is -0.394 e. The van der Waals surface area contributed by atoms with Crippen molar-refractivity contribution >= 4 is 5.91 Å². The van der Waals surface area contributed by atoms with Crippen LogP contribution in [0.15, 0.2) is 109 Å². The number of ether oxygens (including phenoxy) is 6. The van der Waals surface area contributed by atoms with Gasteiger partial charge in [-0.1, -0.05) is 232 Å². The Morgan fingerprint density at radius 1 is 0.398 bits per heavy atom. The Hall–Kier alpha value is -3.55. The minimum atomic E-state index is -1.98. The van der Waals surface area contributed by atoms with Crippen LogP contribution < -0.4 is 5.32 Å². The van der Waals surface area contributed by atoms with Gasteiger partial charge in [0.05, 0.1) is 38.6 Å². The van der Waals surface area contributed by atoms with Crippen molar-refractivity contribution in [3.63, 3.8) is 0 Å². The number of amides is 1. The third-order valence-corrected chi connectivity index (χ3v) is 17.1. The predicted octanol–water partition coefficient (Wildman–Crippen LogP) is 9.83. The highest BCUT2D eigenvalue weighted by atomic mass is 16.8. The molecule has 0 aliphatic carbocycles. The van der Waals surface area contributed by atoms with Gasteiger partial charge in [0, 0.05) is 6.42 Å². The Morgan fingerprint density at radius 3 is 1.20 bits per heavy atom. The first kappa shape index (κ1) is 83.7. The number of hydrogen-bond acceptors (Lipinski definition) is 18. The standard InChI is InChI=1S/C74H125NO18/c1-3-5-7-9-11-13-15-17-18-19-20-21-22-23-24-25-26-27-28-29-30-31-32-33-34-35-36-37-38-40-42-44-46-48-50-52-62(80)75-57(58(79)51-49-47-45-43-41-39-16-14-12-10-8-6-4-2)56-88-72-68(86)65(83)70(60(54-77)90-72)93-74-69(87)66(84)71(61(55-78)91-74)92-73-67(85)64(82)63(81)59(53-76)89-73/h5,7,11,13,17-18,20-21,23-24,26-27,29-30,41,43,49,51,57-61,63-74,76-79,81-87H,3-4,6,8-10,12,14-16,19,22,25,28,31-40,42,44-48,50,52-56H2,1-2H3,(H,75,80)/b7-5-,13-11-,18-17-,21-20-,24-23-,27-26-,30-29-,43-41+,51-49+. The van der Waals surface area contributed by atoms with Crippen molar-refractivity contribution in [2.75, 3.05) is 26.4 Å². The average Bonchev–Trinajstić information content (AvgIpc) is 0.842. The molecule has 0 radical (unpaired) electrons. The molecule has 3 aliphatic heterocycles. The zero-order valence-corrected chi connectivity index (χ0v) is 56.4. The predicted molar refractivity (Wildman–Crippen MR) is 364 cm³/mol.